The Labute approximate surface area is 207 Å². The highest BCUT2D eigenvalue weighted by Crippen LogP contribution is 2.25. The first-order valence-electron chi connectivity index (χ1n) is 12.1. The van der Waals surface area contributed by atoms with E-state index in [1.807, 2.05) is 12.1 Å². The number of nitriles is 1. The Kier molecular flexibility index (Phi) is 8.06. The van der Waals surface area contributed by atoms with Gasteiger partial charge in [-0.3, -0.25) is 4.79 Å². The van der Waals surface area contributed by atoms with E-state index in [0.29, 0.717) is 30.0 Å². The molecule has 35 heavy (non-hydrogen) atoms. The third kappa shape index (κ3) is 5.84. The monoisotopic (exact) mass is 496 g/mol. The molecule has 1 saturated heterocycles. The summed E-state index contributed by atoms with van der Waals surface area (Å²) < 4.78 is 35.1. The molecule has 2 fully saturated rings. The molecule has 2 aliphatic rings. The molecule has 186 valence electrons. The zero-order valence-electron chi connectivity index (χ0n) is 20.1. The van der Waals surface area contributed by atoms with Gasteiger partial charge in [0.1, 0.15) is 12.4 Å². The molecule has 1 heterocycles. The van der Waals surface area contributed by atoms with Gasteiger partial charge in [-0.25, -0.2) is 0 Å². The maximum absolute atomic E-state index is 13.1. The van der Waals surface area contributed by atoms with E-state index in [1.165, 1.54) is 15.0 Å². The molecule has 0 unspecified atom stereocenters. The lowest BCUT2D eigenvalue weighted by Gasteiger charge is -2.38. The van der Waals surface area contributed by atoms with Crippen LogP contribution in [0.25, 0.3) is 0 Å². The first-order valence-corrected chi connectivity index (χ1v) is 13.5. The molecule has 1 aliphatic carbocycles. The van der Waals surface area contributed by atoms with Crippen LogP contribution in [0.2, 0.25) is 0 Å². The second-order valence-electron chi connectivity index (χ2n) is 9.09. The SMILES string of the molecule is CN(C1CCCCC1)S(=O)(=O)N1CCN(C(=O)c2cccc(OCc3ccccc3C#N)c2)CC1. The van der Waals surface area contributed by atoms with Crippen LogP contribution in [0, 0.1) is 11.3 Å². The highest BCUT2D eigenvalue weighted by Gasteiger charge is 2.35. The average Bonchev–Trinajstić information content (AvgIpc) is 2.92. The van der Waals surface area contributed by atoms with Gasteiger partial charge in [0.25, 0.3) is 16.1 Å². The number of nitrogens with zero attached hydrogens (tertiary/aromatic N) is 4. The van der Waals surface area contributed by atoms with Crippen molar-refractivity contribution >= 4 is 16.1 Å². The molecule has 8 nitrogen and oxygen atoms in total. The molecule has 0 radical (unpaired) electrons. The number of amides is 1. The highest BCUT2D eigenvalue weighted by molar-refractivity contribution is 7.86. The zero-order chi connectivity index (χ0) is 24.8. The largest absolute Gasteiger partial charge is 0.489 e. The molecule has 1 aliphatic heterocycles. The van der Waals surface area contributed by atoms with Crippen LogP contribution in [-0.2, 0) is 16.8 Å². The van der Waals surface area contributed by atoms with Crippen LogP contribution in [-0.4, -0.2) is 67.1 Å². The summed E-state index contributed by atoms with van der Waals surface area (Å²) in [7, 11) is -1.85. The van der Waals surface area contributed by atoms with Gasteiger partial charge in [0.15, 0.2) is 0 Å². The van der Waals surface area contributed by atoms with Crippen LogP contribution in [0.4, 0.5) is 0 Å². The minimum atomic E-state index is -3.54. The van der Waals surface area contributed by atoms with Crippen LogP contribution in [0.15, 0.2) is 48.5 Å². The van der Waals surface area contributed by atoms with E-state index in [-0.39, 0.29) is 31.6 Å². The average molecular weight is 497 g/mol. The second-order valence-corrected chi connectivity index (χ2v) is 11.1. The Morgan fingerprint density at radius 1 is 1.06 bits per heavy atom. The zero-order valence-corrected chi connectivity index (χ0v) is 20.9. The minimum absolute atomic E-state index is 0.0660. The van der Waals surface area contributed by atoms with Gasteiger partial charge in [-0.2, -0.15) is 22.3 Å². The number of hydrogen-bond acceptors (Lipinski definition) is 5. The molecule has 2 aromatic carbocycles. The Balaban J connectivity index is 1.35. The number of rotatable bonds is 7. The van der Waals surface area contributed by atoms with Gasteiger partial charge in [0.05, 0.1) is 11.6 Å². The Hall–Kier alpha value is -2.93. The number of carbonyl (C=O) groups is 1. The summed E-state index contributed by atoms with van der Waals surface area (Å²) in [5, 5.41) is 9.24. The van der Waals surface area contributed by atoms with Crippen molar-refractivity contribution in [2.75, 3.05) is 33.2 Å². The molecule has 2 aromatic rings. The summed E-state index contributed by atoms with van der Waals surface area (Å²) in [5.41, 5.74) is 1.83. The fraction of sp³-hybridized carbons (Fsp3) is 0.462. The van der Waals surface area contributed by atoms with Gasteiger partial charge < -0.3 is 9.64 Å². The van der Waals surface area contributed by atoms with Crippen molar-refractivity contribution in [3.05, 3.63) is 65.2 Å². The fourth-order valence-corrected chi connectivity index (χ4v) is 6.33. The number of ether oxygens (including phenoxy) is 1. The highest BCUT2D eigenvalue weighted by atomic mass is 32.2. The van der Waals surface area contributed by atoms with Crippen LogP contribution < -0.4 is 4.74 Å². The summed E-state index contributed by atoms with van der Waals surface area (Å²) in [6.07, 6.45) is 5.13. The maximum Gasteiger partial charge on any atom is 0.282 e. The fourth-order valence-electron chi connectivity index (χ4n) is 4.75. The third-order valence-electron chi connectivity index (χ3n) is 6.92. The van der Waals surface area contributed by atoms with Gasteiger partial charge in [-0.1, -0.05) is 43.5 Å². The molecule has 0 atom stereocenters. The predicted molar refractivity (Wildman–Crippen MR) is 133 cm³/mol. The van der Waals surface area contributed by atoms with Crippen molar-refractivity contribution in [1.29, 1.82) is 5.26 Å². The number of hydrogen-bond donors (Lipinski definition) is 0. The third-order valence-corrected chi connectivity index (χ3v) is 8.96. The maximum atomic E-state index is 13.1. The topological polar surface area (TPSA) is 94.0 Å². The van der Waals surface area contributed by atoms with E-state index in [9.17, 15) is 18.5 Å². The van der Waals surface area contributed by atoms with Crippen LogP contribution in [0.5, 0.6) is 5.75 Å². The van der Waals surface area contributed by atoms with E-state index >= 15 is 0 Å². The van der Waals surface area contributed by atoms with E-state index in [2.05, 4.69) is 6.07 Å². The van der Waals surface area contributed by atoms with Gasteiger partial charge in [0.2, 0.25) is 0 Å². The lowest BCUT2D eigenvalue weighted by molar-refractivity contribution is 0.0692. The molecule has 4 rings (SSSR count). The Morgan fingerprint density at radius 2 is 1.77 bits per heavy atom. The van der Waals surface area contributed by atoms with Gasteiger partial charge in [0, 0.05) is 50.4 Å². The van der Waals surface area contributed by atoms with Crippen LogP contribution in [0.3, 0.4) is 0 Å². The normalized spacial score (nSPS) is 17.8. The number of carbonyl (C=O) groups excluding carboxylic acids is 1. The van der Waals surface area contributed by atoms with Crippen molar-refractivity contribution in [1.82, 2.24) is 13.5 Å². The summed E-state index contributed by atoms with van der Waals surface area (Å²) >= 11 is 0. The van der Waals surface area contributed by atoms with Crippen molar-refractivity contribution in [3.63, 3.8) is 0 Å². The lowest BCUT2D eigenvalue weighted by atomic mass is 9.96. The standard InChI is InChI=1S/C26H32N4O4S/c1-28(24-11-3-2-4-12-24)35(32,33)30-16-14-29(15-17-30)26(31)21-10-7-13-25(18-21)34-20-23-9-6-5-8-22(23)19-27/h5-10,13,18,24H,2-4,11-12,14-17,20H2,1H3. The molecule has 9 heteroatoms. The van der Waals surface area contributed by atoms with E-state index in [1.54, 1.807) is 48.3 Å². The number of benzene rings is 2. The lowest BCUT2D eigenvalue weighted by Crippen LogP contribution is -2.55. The first kappa shape index (κ1) is 25.2. The molecule has 0 spiro atoms. The van der Waals surface area contributed by atoms with Gasteiger partial charge in [-0.15, -0.1) is 0 Å². The second kappa shape index (κ2) is 11.2. The smallest absolute Gasteiger partial charge is 0.282 e. The molecule has 0 aromatic heterocycles. The van der Waals surface area contributed by atoms with E-state index in [0.717, 1.165) is 31.2 Å². The quantitative estimate of drug-likeness (QED) is 0.586. The summed E-state index contributed by atoms with van der Waals surface area (Å²) in [5.74, 6) is 0.393. The Morgan fingerprint density at radius 3 is 2.49 bits per heavy atom. The summed E-state index contributed by atoms with van der Waals surface area (Å²) in [6.45, 7) is 1.49. The van der Waals surface area contributed by atoms with Gasteiger partial charge in [-0.05, 0) is 37.1 Å². The predicted octanol–water partition coefficient (Wildman–Crippen LogP) is 3.40. The molecule has 1 amide bonds. The molecular formula is C26H32N4O4S. The van der Waals surface area contributed by atoms with E-state index < -0.39 is 10.2 Å². The summed E-state index contributed by atoms with van der Waals surface area (Å²) in [4.78, 5) is 14.8. The van der Waals surface area contributed by atoms with Crippen molar-refractivity contribution in [3.8, 4) is 11.8 Å². The Bertz CT molecular complexity index is 1180. The molecule has 0 bridgehead atoms. The van der Waals surface area contributed by atoms with Crippen molar-refractivity contribution < 1.29 is 17.9 Å². The minimum Gasteiger partial charge on any atom is -0.489 e. The van der Waals surface area contributed by atoms with E-state index in [4.69, 9.17) is 4.74 Å². The molecule has 1 saturated carbocycles. The van der Waals surface area contributed by atoms with Crippen LogP contribution in [0.1, 0.15) is 53.6 Å². The number of piperazine rings is 1. The molecule has 0 N–H and O–H groups in total. The molecular weight excluding hydrogens is 464 g/mol. The summed E-state index contributed by atoms with van der Waals surface area (Å²) in [6, 6.07) is 16.4. The van der Waals surface area contributed by atoms with Crippen molar-refractivity contribution in [2.45, 2.75) is 44.8 Å². The van der Waals surface area contributed by atoms with Gasteiger partial charge >= 0.3 is 0 Å². The first-order chi connectivity index (χ1) is 16.9. The van der Waals surface area contributed by atoms with Crippen LogP contribution >= 0.6 is 0 Å². The van der Waals surface area contributed by atoms with Crippen molar-refractivity contribution in [2.24, 2.45) is 0 Å².